The number of hydrogen-bond acceptors (Lipinski definition) is 3. The van der Waals surface area contributed by atoms with Crippen molar-refractivity contribution in [3.8, 4) is 0 Å². The van der Waals surface area contributed by atoms with E-state index >= 15 is 0 Å². The minimum Gasteiger partial charge on any atom is -0.477 e. The molecule has 0 bridgehead atoms. The van der Waals surface area contributed by atoms with Crippen molar-refractivity contribution in [3.05, 3.63) is 39.9 Å². The summed E-state index contributed by atoms with van der Waals surface area (Å²) in [4.78, 5) is 36.3. The topological polar surface area (TPSA) is 99.3 Å². The number of pyridine rings is 1. The third kappa shape index (κ3) is 2.17. The lowest BCUT2D eigenvalue weighted by Gasteiger charge is -2.08. The predicted octanol–water partition coefficient (Wildman–Crippen LogP) is 1.32. The van der Waals surface area contributed by atoms with Crippen LogP contribution in [0.2, 0.25) is 0 Å². The van der Waals surface area contributed by atoms with Crippen molar-refractivity contribution in [1.82, 2.24) is 4.98 Å². The zero-order valence-corrected chi connectivity index (χ0v) is 9.78. The quantitative estimate of drug-likeness (QED) is 0.761. The molecule has 1 amide bonds. The van der Waals surface area contributed by atoms with Crippen LogP contribution in [-0.4, -0.2) is 22.0 Å². The normalized spacial score (nSPS) is 10.4. The first-order valence-electron chi connectivity index (χ1n) is 5.26. The number of nitrogens with one attached hydrogen (secondary N) is 2. The molecule has 1 aromatic carbocycles. The van der Waals surface area contributed by atoms with E-state index in [1.54, 1.807) is 0 Å². The molecule has 0 aliphatic carbocycles. The Labute approximate surface area is 105 Å². The third-order valence-electron chi connectivity index (χ3n) is 2.53. The monoisotopic (exact) mass is 264 g/mol. The van der Waals surface area contributed by atoms with Crippen molar-refractivity contribution in [2.24, 2.45) is 0 Å². The summed E-state index contributed by atoms with van der Waals surface area (Å²) >= 11 is 0. The Balaban J connectivity index is 2.88. The summed E-state index contributed by atoms with van der Waals surface area (Å²) in [7, 11) is 0. The molecule has 0 unspecified atom stereocenters. The maximum atomic E-state index is 13.6. The van der Waals surface area contributed by atoms with Gasteiger partial charge in [-0.1, -0.05) is 0 Å². The van der Waals surface area contributed by atoms with Gasteiger partial charge in [-0.25, -0.2) is 9.18 Å². The van der Waals surface area contributed by atoms with E-state index < -0.39 is 28.7 Å². The molecule has 0 fully saturated rings. The van der Waals surface area contributed by atoms with Gasteiger partial charge in [0.15, 0.2) is 0 Å². The number of aromatic amines is 1. The van der Waals surface area contributed by atoms with Crippen LogP contribution >= 0.6 is 0 Å². The second kappa shape index (κ2) is 4.52. The molecule has 1 heterocycles. The average Bonchev–Trinajstić information content (AvgIpc) is 2.32. The van der Waals surface area contributed by atoms with Crippen LogP contribution in [0.3, 0.4) is 0 Å². The number of hydrogen-bond donors (Lipinski definition) is 3. The Morgan fingerprint density at radius 2 is 2.05 bits per heavy atom. The number of anilines is 1. The molecule has 0 saturated carbocycles. The van der Waals surface area contributed by atoms with Gasteiger partial charge in [0.25, 0.3) is 0 Å². The average molecular weight is 264 g/mol. The lowest BCUT2D eigenvalue weighted by molar-refractivity contribution is -0.114. The molecule has 1 aromatic heterocycles. The van der Waals surface area contributed by atoms with E-state index in [0.29, 0.717) is 0 Å². The molecule has 2 aromatic rings. The molecule has 19 heavy (non-hydrogen) atoms. The smallest absolute Gasteiger partial charge is 0.341 e. The van der Waals surface area contributed by atoms with Crippen molar-refractivity contribution >= 4 is 28.5 Å². The van der Waals surface area contributed by atoms with Gasteiger partial charge >= 0.3 is 5.97 Å². The first-order chi connectivity index (χ1) is 8.91. The number of rotatable bonds is 2. The largest absolute Gasteiger partial charge is 0.477 e. The standard InChI is InChI=1S/C12H9FN2O4/c1-5(16)15-8-3-2-7(13)10-9(8)11(17)6(4-14-10)12(18)19/h2-4H,1H3,(H,14,17)(H,15,16)(H,18,19). The zero-order valence-electron chi connectivity index (χ0n) is 9.78. The van der Waals surface area contributed by atoms with Gasteiger partial charge in [0.1, 0.15) is 11.4 Å². The van der Waals surface area contributed by atoms with Gasteiger partial charge in [-0.2, -0.15) is 0 Å². The molecule has 0 aliphatic heterocycles. The third-order valence-corrected chi connectivity index (χ3v) is 2.53. The number of carboxylic acids is 1. The molecule has 3 N–H and O–H groups in total. The van der Waals surface area contributed by atoms with Crippen LogP contribution in [0.25, 0.3) is 10.9 Å². The molecular weight excluding hydrogens is 255 g/mol. The molecule has 0 radical (unpaired) electrons. The fourth-order valence-corrected chi connectivity index (χ4v) is 1.75. The molecule has 6 nitrogen and oxygen atoms in total. The zero-order chi connectivity index (χ0) is 14.2. The van der Waals surface area contributed by atoms with E-state index in [0.717, 1.165) is 12.3 Å². The lowest BCUT2D eigenvalue weighted by atomic mass is 10.1. The van der Waals surface area contributed by atoms with Crippen molar-refractivity contribution < 1.29 is 19.1 Å². The molecule has 98 valence electrons. The van der Waals surface area contributed by atoms with Crippen molar-refractivity contribution in [2.75, 3.05) is 5.32 Å². The van der Waals surface area contributed by atoms with E-state index in [1.807, 2.05) is 0 Å². The van der Waals surface area contributed by atoms with Gasteiger partial charge in [0, 0.05) is 13.1 Å². The lowest BCUT2D eigenvalue weighted by Crippen LogP contribution is -2.18. The summed E-state index contributed by atoms with van der Waals surface area (Å²) < 4.78 is 13.6. The summed E-state index contributed by atoms with van der Waals surface area (Å²) in [5.74, 6) is -2.59. The highest BCUT2D eigenvalue weighted by Crippen LogP contribution is 2.21. The van der Waals surface area contributed by atoms with Gasteiger partial charge in [0.05, 0.1) is 16.6 Å². The number of amides is 1. The summed E-state index contributed by atoms with van der Waals surface area (Å²) in [6, 6.07) is 2.28. The first-order valence-corrected chi connectivity index (χ1v) is 5.26. The van der Waals surface area contributed by atoms with Crippen molar-refractivity contribution in [3.63, 3.8) is 0 Å². The second-order valence-corrected chi connectivity index (χ2v) is 3.86. The molecule has 0 spiro atoms. The van der Waals surface area contributed by atoms with Gasteiger partial charge in [-0.3, -0.25) is 9.59 Å². The highest BCUT2D eigenvalue weighted by Gasteiger charge is 2.16. The highest BCUT2D eigenvalue weighted by atomic mass is 19.1. The molecule has 2 rings (SSSR count). The Morgan fingerprint density at radius 1 is 1.37 bits per heavy atom. The summed E-state index contributed by atoms with van der Waals surface area (Å²) in [6.45, 7) is 1.23. The fraction of sp³-hybridized carbons (Fsp3) is 0.0833. The van der Waals surface area contributed by atoms with Crippen molar-refractivity contribution in [2.45, 2.75) is 6.92 Å². The Kier molecular flexibility index (Phi) is 3.04. The molecular formula is C12H9FN2O4. The van der Waals surface area contributed by atoms with Gasteiger partial charge in [-0.15, -0.1) is 0 Å². The van der Waals surface area contributed by atoms with Crippen LogP contribution in [0.1, 0.15) is 17.3 Å². The summed E-state index contributed by atoms with van der Waals surface area (Å²) in [5.41, 5.74) is -1.47. The van der Waals surface area contributed by atoms with Crippen LogP contribution in [0.4, 0.5) is 10.1 Å². The van der Waals surface area contributed by atoms with E-state index in [4.69, 9.17) is 5.11 Å². The number of H-pyrrole nitrogens is 1. The van der Waals surface area contributed by atoms with Gasteiger partial charge in [0.2, 0.25) is 11.3 Å². The Hall–Kier alpha value is -2.70. The number of carbonyl (C=O) groups is 2. The second-order valence-electron chi connectivity index (χ2n) is 3.86. The van der Waals surface area contributed by atoms with Crippen LogP contribution in [0.15, 0.2) is 23.1 Å². The fourth-order valence-electron chi connectivity index (χ4n) is 1.75. The van der Waals surface area contributed by atoms with Crippen LogP contribution in [-0.2, 0) is 4.79 Å². The molecule has 7 heteroatoms. The number of carboxylic acid groups (broad SMARTS) is 1. The molecule has 0 aliphatic rings. The molecule has 0 atom stereocenters. The van der Waals surface area contributed by atoms with Gasteiger partial charge < -0.3 is 15.4 Å². The van der Waals surface area contributed by atoms with Crippen LogP contribution < -0.4 is 10.7 Å². The van der Waals surface area contributed by atoms with Crippen LogP contribution in [0.5, 0.6) is 0 Å². The predicted molar refractivity (Wildman–Crippen MR) is 65.8 cm³/mol. The maximum absolute atomic E-state index is 13.6. The number of aromatic nitrogens is 1. The minimum absolute atomic E-state index is 0.0632. The van der Waals surface area contributed by atoms with E-state index in [1.165, 1.54) is 13.0 Å². The molecule has 0 saturated heterocycles. The van der Waals surface area contributed by atoms with Gasteiger partial charge in [-0.05, 0) is 12.1 Å². The van der Waals surface area contributed by atoms with E-state index in [-0.39, 0.29) is 16.6 Å². The number of halogens is 1. The number of fused-ring (bicyclic) bond motifs is 1. The number of aromatic carboxylic acids is 1. The maximum Gasteiger partial charge on any atom is 0.341 e. The highest BCUT2D eigenvalue weighted by molar-refractivity contribution is 6.02. The Morgan fingerprint density at radius 3 is 2.63 bits per heavy atom. The number of carbonyl (C=O) groups excluding carboxylic acids is 1. The minimum atomic E-state index is -1.43. The van der Waals surface area contributed by atoms with Crippen LogP contribution in [0, 0.1) is 5.82 Å². The first kappa shape index (κ1) is 12.7. The number of benzene rings is 1. The van der Waals surface area contributed by atoms with Crippen molar-refractivity contribution in [1.29, 1.82) is 0 Å². The van der Waals surface area contributed by atoms with E-state index in [2.05, 4.69) is 10.3 Å². The van der Waals surface area contributed by atoms with E-state index in [9.17, 15) is 18.8 Å². The summed E-state index contributed by atoms with van der Waals surface area (Å²) in [5, 5.41) is 11.0. The summed E-state index contributed by atoms with van der Waals surface area (Å²) in [6.07, 6.45) is 0.924. The Bertz CT molecular complexity index is 751. The SMILES string of the molecule is CC(=O)Nc1ccc(F)c2[nH]cc(C(=O)O)c(=O)c12.